The molecule has 3 fully saturated rings. The predicted octanol–water partition coefficient (Wildman–Crippen LogP) is 2.27. The molecule has 1 aromatic carbocycles. The van der Waals surface area contributed by atoms with Crippen LogP contribution in [0.15, 0.2) is 18.2 Å². The van der Waals surface area contributed by atoms with E-state index in [0.717, 1.165) is 59.0 Å². The van der Waals surface area contributed by atoms with E-state index in [4.69, 9.17) is 4.74 Å². The van der Waals surface area contributed by atoms with Crippen molar-refractivity contribution in [2.45, 2.75) is 44.8 Å². The highest BCUT2D eigenvalue weighted by atomic mass is 32.1. The molecular formula is C24H34N4O3S. The van der Waals surface area contributed by atoms with Crippen molar-refractivity contribution in [2.75, 3.05) is 45.9 Å². The highest BCUT2D eigenvalue weighted by Crippen LogP contribution is 2.44. The van der Waals surface area contributed by atoms with Crippen molar-refractivity contribution in [1.82, 2.24) is 20.1 Å². The molecule has 0 spiro atoms. The maximum absolute atomic E-state index is 12.5. The van der Waals surface area contributed by atoms with Gasteiger partial charge in [0.25, 0.3) is 0 Å². The van der Waals surface area contributed by atoms with Crippen LogP contribution < -0.4 is 10.1 Å². The molecule has 0 radical (unpaired) electrons. The molecule has 3 aliphatic rings. The summed E-state index contributed by atoms with van der Waals surface area (Å²) in [6.45, 7) is 6.79. The number of carbonyl (C=O) groups excluding carboxylic acids is 1. The number of piperazine rings is 1. The lowest BCUT2D eigenvalue weighted by Crippen LogP contribution is -2.52. The SMILES string of the molecule is Cc1nc2cc(OC[C@H](O)CN3CCN(CC(=O)NC4CC5CCC4C5)CC3)ccc2s1. The minimum atomic E-state index is -0.546. The van der Waals surface area contributed by atoms with E-state index in [9.17, 15) is 9.90 Å². The van der Waals surface area contributed by atoms with Gasteiger partial charge in [0.1, 0.15) is 18.5 Å². The van der Waals surface area contributed by atoms with E-state index in [0.29, 0.717) is 19.1 Å². The smallest absolute Gasteiger partial charge is 0.234 e. The normalized spacial score (nSPS) is 27.1. The number of aryl methyl sites for hydroxylation is 1. The van der Waals surface area contributed by atoms with E-state index in [-0.39, 0.29) is 12.5 Å². The number of hydrogen-bond donors (Lipinski definition) is 2. The number of aromatic nitrogens is 1. The Kier molecular flexibility index (Phi) is 6.64. The van der Waals surface area contributed by atoms with Crippen molar-refractivity contribution >= 4 is 27.5 Å². The Hall–Kier alpha value is -1.74. The Morgan fingerprint density at radius 3 is 2.81 bits per heavy atom. The molecule has 174 valence electrons. The third kappa shape index (κ3) is 5.25. The molecule has 2 saturated carbocycles. The summed E-state index contributed by atoms with van der Waals surface area (Å²) >= 11 is 1.67. The maximum Gasteiger partial charge on any atom is 0.234 e. The van der Waals surface area contributed by atoms with Crippen molar-refractivity contribution in [2.24, 2.45) is 11.8 Å². The molecule has 2 bridgehead atoms. The lowest BCUT2D eigenvalue weighted by atomic mass is 9.95. The fraction of sp³-hybridized carbons (Fsp3) is 0.667. The Labute approximate surface area is 193 Å². The zero-order valence-corrected chi connectivity index (χ0v) is 19.6. The third-order valence-electron chi connectivity index (χ3n) is 7.29. The Balaban J connectivity index is 1.00. The zero-order chi connectivity index (χ0) is 22.1. The van der Waals surface area contributed by atoms with Gasteiger partial charge in [-0.2, -0.15) is 0 Å². The van der Waals surface area contributed by atoms with Crippen LogP contribution in [0.25, 0.3) is 10.2 Å². The summed E-state index contributed by atoms with van der Waals surface area (Å²) < 4.78 is 6.96. The lowest BCUT2D eigenvalue weighted by Gasteiger charge is -2.35. The number of ether oxygens (including phenoxy) is 1. The van der Waals surface area contributed by atoms with Crippen LogP contribution in [0.1, 0.15) is 30.7 Å². The third-order valence-corrected chi connectivity index (χ3v) is 8.25. The van der Waals surface area contributed by atoms with Crippen LogP contribution in [0.2, 0.25) is 0 Å². The van der Waals surface area contributed by atoms with E-state index in [1.165, 1.54) is 25.7 Å². The van der Waals surface area contributed by atoms with Gasteiger partial charge in [-0.25, -0.2) is 4.98 Å². The zero-order valence-electron chi connectivity index (χ0n) is 18.8. The first-order chi connectivity index (χ1) is 15.5. The summed E-state index contributed by atoms with van der Waals surface area (Å²) in [5.41, 5.74) is 0.945. The first-order valence-corrected chi connectivity index (χ1v) is 12.8. The van der Waals surface area contributed by atoms with Crippen LogP contribution in [0.4, 0.5) is 0 Å². The van der Waals surface area contributed by atoms with Gasteiger partial charge in [0.05, 0.1) is 21.8 Å². The first-order valence-electron chi connectivity index (χ1n) is 11.9. The number of amides is 1. The minimum Gasteiger partial charge on any atom is -0.491 e. The lowest BCUT2D eigenvalue weighted by molar-refractivity contribution is -0.123. The summed E-state index contributed by atoms with van der Waals surface area (Å²) in [6.07, 6.45) is 4.60. The maximum atomic E-state index is 12.5. The summed E-state index contributed by atoms with van der Waals surface area (Å²) in [5, 5.41) is 14.8. The van der Waals surface area contributed by atoms with Crippen molar-refractivity contribution in [1.29, 1.82) is 0 Å². The molecule has 2 heterocycles. The number of nitrogens with zero attached hydrogens (tertiary/aromatic N) is 3. The molecule has 32 heavy (non-hydrogen) atoms. The van der Waals surface area contributed by atoms with Crippen LogP contribution in [-0.4, -0.2) is 83.8 Å². The van der Waals surface area contributed by atoms with E-state index in [2.05, 4.69) is 20.1 Å². The molecule has 1 aromatic heterocycles. The van der Waals surface area contributed by atoms with Gasteiger partial charge in [-0.15, -0.1) is 11.3 Å². The van der Waals surface area contributed by atoms with Gasteiger partial charge < -0.3 is 15.2 Å². The Morgan fingerprint density at radius 2 is 2.06 bits per heavy atom. The minimum absolute atomic E-state index is 0.178. The van der Waals surface area contributed by atoms with Crippen molar-refractivity contribution in [3.8, 4) is 5.75 Å². The molecule has 1 saturated heterocycles. The predicted molar refractivity (Wildman–Crippen MR) is 126 cm³/mol. The van der Waals surface area contributed by atoms with Gasteiger partial charge in [-0.05, 0) is 50.2 Å². The monoisotopic (exact) mass is 458 g/mol. The second-order valence-electron chi connectivity index (χ2n) is 9.75. The van der Waals surface area contributed by atoms with Gasteiger partial charge in [-0.1, -0.05) is 6.42 Å². The van der Waals surface area contributed by atoms with Crippen LogP contribution in [-0.2, 0) is 4.79 Å². The molecule has 5 rings (SSSR count). The molecule has 4 atom stereocenters. The van der Waals surface area contributed by atoms with Crippen molar-refractivity contribution in [3.63, 3.8) is 0 Å². The van der Waals surface area contributed by atoms with E-state index in [1.807, 2.05) is 25.1 Å². The number of thiazole rings is 1. The molecule has 2 aromatic rings. The van der Waals surface area contributed by atoms with Gasteiger partial charge in [0, 0.05) is 44.8 Å². The van der Waals surface area contributed by atoms with Gasteiger partial charge >= 0.3 is 0 Å². The quantitative estimate of drug-likeness (QED) is 0.632. The highest BCUT2D eigenvalue weighted by Gasteiger charge is 2.40. The second-order valence-corrected chi connectivity index (χ2v) is 11.0. The topological polar surface area (TPSA) is 77.9 Å². The molecule has 7 nitrogen and oxygen atoms in total. The molecule has 2 N–H and O–H groups in total. The molecule has 8 heteroatoms. The standard InChI is InChI=1S/C24H34N4O3S/c1-16-25-22-12-20(4-5-23(22)32-16)31-15-19(29)13-27-6-8-28(9-7-27)14-24(30)26-21-11-17-2-3-18(21)10-17/h4-5,12,17-19,21,29H,2-3,6-11,13-15H2,1H3,(H,26,30)/t17?,18?,19-,21?/m1/s1. The van der Waals surface area contributed by atoms with Crippen LogP contribution in [0.5, 0.6) is 5.75 Å². The summed E-state index contributed by atoms with van der Waals surface area (Å²) in [6, 6.07) is 6.31. The summed E-state index contributed by atoms with van der Waals surface area (Å²) in [5.74, 6) is 2.49. The Morgan fingerprint density at radius 1 is 1.25 bits per heavy atom. The number of fused-ring (bicyclic) bond motifs is 3. The number of aliphatic hydroxyl groups is 1. The van der Waals surface area contributed by atoms with Crippen LogP contribution in [0.3, 0.4) is 0 Å². The van der Waals surface area contributed by atoms with Crippen LogP contribution in [0, 0.1) is 18.8 Å². The summed E-state index contributed by atoms with van der Waals surface area (Å²) in [7, 11) is 0. The average Bonchev–Trinajstić information content (AvgIpc) is 3.48. The molecule has 1 aliphatic heterocycles. The van der Waals surface area contributed by atoms with Gasteiger partial charge in [0.15, 0.2) is 0 Å². The molecule has 2 aliphatic carbocycles. The number of β-amino-alcohol motifs (C(OH)–C–C–N with tert-alkyl or cyclic N) is 1. The molecule has 3 unspecified atom stereocenters. The number of benzene rings is 1. The number of carbonyl (C=O) groups is 1. The molecule has 1 amide bonds. The fourth-order valence-corrected chi connectivity index (χ4v) is 6.47. The molecular weight excluding hydrogens is 424 g/mol. The van der Waals surface area contributed by atoms with Crippen LogP contribution >= 0.6 is 11.3 Å². The van der Waals surface area contributed by atoms with Crippen molar-refractivity contribution < 1.29 is 14.6 Å². The number of hydrogen-bond acceptors (Lipinski definition) is 7. The average molecular weight is 459 g/mol. The highest BCUT2D eigenvalue weighted by molar-refractivity contribution is 7.18. The Bertz CT molecular complexity index is 942. The van der Waals surface area contributed by atoms with Crippen molar-refractivity contribution in [3.05, 3.63) is 23.2 Å². The van der Waals surface area contributed by atoms with E-state index in [1.54, 1.807) is 11.3 Å². The fourth-order valence-electron chi connectivity index (χ4n) is 5.66. The second kappa shape index (κ2) is 9.63. The van der Waals surface area contributed by atoms with Gasteiger partial charge in [0.2, 0.25) is 5.91 Å². The van der Waals surface area contributed by atoms with E-state index < -0.39 is 6.10 Å². The number of rotatable bonds is 8. The summed E-state index contributed by atoms with van der Waals surface area (Å²) in [4.78, 5) is 21.5. The van der Waals surface area contributed by atoms with Gasteiger partial charge in [-0.3, -0.25) is 14.6 Å². The first kappa shape index (κ1) is 22.1. The number of nitrogens with one attached hydrogen (secondary N) is 1. The number of aliphatic hydroxyl groups excluding tert-OH is 1. The van der Waals surface area contributed by atoms with E-state index >= 15 is 0 Å². The largest absolute Gasteiger partial charge is 0.491 e.